The van der Waals surface area contributed by atoms with Gasteiger partial charge in [0, 0.05) is 21.4 Å². The van der Waals surface area contributed by atoms with Crippen LogP contribution in [0.1, 0.15) is 29.7 Å². The third kappa shape index (κ3) is 4.64. The summed E-state index contributed by atoms with van der Waals surface area (Å²) in [5, 5.41) is 12.2. The predicted molar refractivity (Wildman–Crippen MR) is 116 cm³/mol. The number of benzene rings is 2. The van der Waals surface area contributed by atoms with Crippen molar-refractivity contribution in [1.29, 1.82) is 0 Å². The predicted octanol–water partition coefficient (Wildman–Crippen LogP) is 6.68. The third-order valence-corrected chi connectivity index (χ3v) is 5.93. The molecule has 1 atom stereocenters. The highest BCUT2D eigenvalue weighted by molar-refractivity contribution is 7.99. The number of pyridine rings is 1. The molecule has 158 valence electrons. The second-order valence-corrected chi connectivity index (χ2v) is 8.24. The molecule has 0 bridgehead atoms. The fourth-order valence-corrected chi connectivity index (χ4v) is 4.29. The number of alkyl halides is 3. The van der Waals surface area contributed by atoms with Crippen molar-refractivity contribution in [2.24, 2.45) is 0 Å². The molecule has 0 unspecified atom stereocenters. The van der Waals surface area contributed by atoms with Gasteiger partial charge in [-0.2, -0.15) is 18.3 Å². The second-order valence-electron chi connectivity index (χ2n) is 7.10. The molecule has 2 heterocycles. The van der Waals surface area contributed by atoms with E-state index in [2.05, 4.69) is 20.5 Å². The molecule has 0 saturated carbocycles. The number of nitrogens with zero attached hydrogens (tertiary/aromatic N) is 3. The summed E-state index contributed by atoms with van der Waals surface area (Å²) in [5.74, 6) is 0.477. The third-order valence-electron chi connectivity index (χ3n) is 4.97. The number of hydrogen-bond acceptors (Lipinski definition) is 5. The first-order valence-electron chi connectivity index (χ1n) is 9.60. The summed E-state index contributed by atoms with van der Waals surface area (Å²) in [5.41, 5.74) is 0.770. The van der Waals surface area contributed by atoms with Gasteiger partial charge in [0.25, 0.3) is 0 Å². The van der Waals surface area contributed by atoms with Gasteiger partial charge in [-0.05, 0) is 49.2 Å². The van der Waals surface area contributed by atoms with Crippen molar-refractivity contribution in [1.82, 2.24) is 15.2 Å². The molecule has 4 nitrogen and oxygen atoms in total. The van der Waals surface area contributed by atoms with E-state index in [4.69, 9.17) is 0 Å². The molecule has 4 aromatic rings. The van der Waals surface area contributed by atoms with Gasteiger partial charge >= 0.3 is 6.18 Å². The molecular formula is C23H19F3N4S. The molecular weight excluding hydrogens is 421 g/mol. The zero-order chi connectivity index (χ0) is 22.0. The number of nitrogens with one attached hydrogen (secondary N) is 1. The normalized spacial score (nSPS) is 12.7. The highest BCUT2D eigenvalue weighted by atomic mass is 32.2. The monoisotopic (exact) mass is 440 g/mol. The summed E-state index contributed by atoms with van der Waals surface area (Å²) < 4.78 is 39.9. The molecule has 2 aromatic carbocycles. The second kappa shape index (κ2) is 8.55. The van der Waals surface area contributed by atoms with Crippen LogP contribution in [0.3, 0.4) is 0 Å². The van der Waals surface area contributed by atoms with E-state index in [1.165, 1.54) is 13.0 Å². The Labute approximate surface area is 181 Å². The maximum atomic E-state index is 13.3. The molecule has 0 spiro atoms. The van der Waals surface area contributed by atoms with E-state index >= 15 is 0 Å². The molecule has 0 radical (unpaired) electrons. The minimum absolute atomic E-state index is 0.196. The van der Waals surface area contributed by atoms with E-state index in [0.717, 1.165) is 21.2 Å². The summed E-state index contributed by atoms with van der Waals surface area (Å²) >= 11 is 1.57. The quantitative estimate of drug-likeness (QED) is 0.375. The molecule has 0 saturated heterocycles. The number of rotatable bonds is 5. The van der Waals surface area contributed by atoms with Crippen LogP contribution in [0, 0.1) is 6.92 Å². The van der Waals surface area contributed by atoms with Crippen molar-refractivity contribution in [2.45, 2.75) is 35.9 Å². The SMILES string of the molecule is Cc1c([C@@H](C)Nc2nncc3ncc(Sc4ccccc4)cc23)cccc1C(F)(F)F. The lowest BCUT2D eigenvalue weighted by molar-refractivity contribution is -0.138. The van der Waals surface area contributed by atoms with E-state index in [0.29, 0.717) is 16.9 Å². The number of halogens is 3. The van der Waals surface area contributed by atoms with Gasteiger partial charge in [0.1, 0.15) is 0 Å². The van der Waals surface area contributed by atoms with Gasteiger partial charge in [-0.25, -0.2) is 0 Å². The Hall–Kier alpha value is -3.13. The van der Waals surface area contributed by atoms with Crippen LogP contribution in [0.25, 0.3) is 10.9 Å². The summed E-state index contributed by atoms with van der Waals surface area (Å²) in [6, 6.07) is 15.7. The van der Waals surface area contributed by atoms with Crippen LogP contribution >= 0.6 is 11.8 Å². The zero-order valence-electron chi connectivity index (χ0n) is 16.8. The van der Waals surface area contributed by atoms with Crippen LogP contribution < -0.4 is 5.32 Å². The minimum Gasteiger partial charge on any atom is -0.361 e. The fraction of sp³-hybridized carbons (Fsp3) is 0.174. The summed E-state index contributed by atoms with van der Waals surface area (Å²) in [4.78, 5) is 6.48. The Bertz CT molecular complexity index is 1210. The van der Waals surface area contributed by atoms with E-state index in [9.17, 15) is 13.2 Å². The summed E-state index contributed by atoms with van der Waals surface area (Å²) in [6.07, 6.45) is -1.06. The molecule has 0 aliphatic heterocycles. The molecule has 31 heavy (non-hydrogen) atoms. The molecule has 8 heteroatoms. The standard InChI is InChI=1S/C23H19F3N4S/c1-14-18(9-6-10-20(14)23(24,25)26)15(2)29-22-19-11-17(12-27-21(19)13-28-30-22)31-16-7-4-3-5-8-16/h3-13,15H,1-2H3,(H,29,30)/t15-/m1/s1. The lowest BCUT2D eigenvalue weighted by Gasteiger charge is -2.20. The maximum absolute atomic E-state index is 13.3. The zero-order valence-corrected chi connectivity index (χ0v) is 17.6. The van der Waals surface area contributed by atoms with Crippen LogP contribution in [-0.2, 0) is 6.18 Å². The lowest BCUT2D eigenvalue weighted by atomic mass is 9.97. The molecule has 4 rings (SSSR count). The Kier molecular flexibility index (Phi) is 5.82. The number of anilines is 1. The number of aromatic nitrogens is 3. The van der Waals surface area contributed by atoms with Crippen molar-refractivity contribution in [3.8, 4) is 0 Å². The van der Waals surface area contributed by atoms with Crippen LogP contribution in [0.4, 0.5) is 19.0 Å². The highest BCUT2D eigenvalue weighted by Gasteiger charge is 2.33. The smallest absolute Gasteiger partial charge is 0.361 e. The first kappa shape index (κ1) is 21.1. The van der Waals surface area contributed by atoms with Gasteiger partial charge in [0.15, 0.2) is 5.82 Å². The first-order chi connectivity index (χ1) is 14.8. The van der Waals surface area contributed by atoms with Crippen LogP contribution in [0.15, 0.2) is 76.8 Å². The van der Waals surface area contributed by atoms with Crippen LogP contribution in [0.5, 0.6) is 0 Å². The number of fused-ring (bicyclic) bond motifs is 1. The van der Waals surface area contributed by atoms with Gasteiger partial charge in [-0.15, -0.1) is 5.10 Å². The molecule has 0 fully saturated rings. The van der Waals surface area contributed by atoms with Gasteiger partial charge in [0.2, 0.25) is 0 Å². The highest BCUT2D eigenvalue weighted by Crippen LogP contribution is 2.36. The topological polar surface area (TPSA) is 50.7 Å². The van der Waals surface area contributed by atoms with Gasteiger partial charge < -0.3 is 5.32 Å². The Morgan fingerprint density at radius 1 is 0.968 bits per heavy atom. The maximum Gasteiger partial charge on any atom is 0.416 e. The van der Waals surface area contributed by atoms with Gasteiger partial charge in [0.05, 0.1) is 23.3 Å². The van der Waals surface area contributed by atoms with E-state index in [-0.39, 0.29) is 5.56 Å². The van der Waals surface area contributed by atoms with Crippen molar-refractivity contribution in [3.63, 3.8) is 0 Å². The van der Waals surface area contributed by atoms with Crippen molar-refractivity contribution < 1.29 is 13.2 Å². The average molecular weight is 440 g/mol. The van der Waals surface area contributed by atoms with Crippen molar-refractivity contribution >= 4 is 28.5 Å². The van der Waals surface area contributed by atoms with Crippen molar-refractivity contribution in [3.05, 3.63) is 83.7 Å². The van der Waals surface area contributed by atoms with Crippen LogP contribution in [0.2, 0.25) is 0 Å². The largest absolute Gasteiger partial charge is 0.416 e. The molecule has 0 amide bonds. The Morgan fingerprint density at radius 3 is 2.48 bits per heavy atom. The molecule has 2 aromatic heterocycles. The van der Waals surface area contributed by atoms with E-state index < -0.39 is 17.8 Å². The van der Waals surface area contributed by atoms with Crippen molar-refractivity contribution in [2.75, 3.05) is 5.32 Å². The van der Waals surface area contributed by atoms with E-state index in [1.54, 1.807) is 37.1 Å². The Balaban J connectivity index is 1.66. The lowest BCUT2D eigenvalue weighted by Crippen LogP contribution is -2.14. The summed E-state index contributed by atoms with van der Waals surface area (Å²) in [6.45, 7) is 3.29. The minimum atomic E-state index is -4.40. The van der Waals surface area contributed by atoms with E-state index in [1.807, 2.05) is 36.4 Å². The van der Waals surface area contributed by atoms with Gasteiger partial charge in [-0.1, -0.05) is 42.1 Å². The molecule has 1 N–H and O–H groups in total. The number of hydrogen-bond donors (Lipinski definition) is 1. The molecule has 0 aliphatic rings. The fourth-order valence-electron chi connectivity index (χ4n) is 3.44. The Morgan fingerprint density at radius 2 is 1.74 bits per heavy atom. The average Bonchev–Trinajstić information content (AvgIpc) is 2.74. The van der Waals surface area contributed by atoms with Gasteiger partial charge in [-0.3, -0.25) is 4.98 Å². The van der Waals surface area contributed by atoms with Crippen LogP contribution in [-0.4, -0.2) is 15.2 Å². The first-order valence-corrected chi connectivity index (χ1v) is 10.4. The summed E-state index contributed by atoms with van der Waals surface area (Å²) in [7, 11) is 0. The molecule has 0 aliphatic carbocycles.